The Hall–Kier alpha value is -2.99. The molecule has 3 aromatic rings. The van der Waals surface area contributed by atoms with Crippen LogP contribution in [0.3, 0.4) is 0 Å². The highest BCUT2D eigenvalue weighted by Crippen LogP contribution is 2.32. The smallest absolute Gasteiger partial charge is 0.275 e. The van der Waals surface area contributed by atoms with Crippen LogP contribution in [0.25, 0.3) is 0 Å². The molecule has 0 bridgehead atoms. The van der Waals surface area contributed by atoms with E-state index in [9.17, 15) is 4.79 Å². The molecule has 1 fully saturated rings. The average molecular weight is 402 g/mol. The van der Waals surface area contributed by atoms with E-state index in [1.807, 2.05) is 53.6 Å². The molecule has 6 nitrogen and oxygen atoms in total. The summed E-state index contributed by atoms with van der Waals surface area (Å²) in [5.74, 6) is 0.662. The summed E-state index contributed by atoms with van der Waals surface area (Å²) in [7, 11) is 0. The summed E-state index contributed by atoms with van der Waals surface area (Å²) in [6.45, 7) is 3.09. The maximum atomic E-state index is 13.7. The van der Waals surface area contributed by atoms with Crippen molar-refractivity contribution in [3.63, 3.8) is 0 Å². The van der Waals surface area contributed by atoms with E-state index in [0.717, 1.165) is 29.7 Å². The number of aromatic nitrogens is 3. The summed E-state index contributed by atoms with van der Waals surface area (Å²) in [6.07, 6.45) is 6.91. The SMILES string of the molecule is O=C(c1nn(CC2CC2)c2c1COCC2)N(Cc1ccccc1)Cc1cccnc1. The van der Waals surface area contributed by atoms with E-state index in [1.165, 1.54) is 18.5 Å². The first kappa shape index (κ1) is 19.0. The van der Waals surface area contributed by atoms with Gasteiger partial charge < -0.3 is 9.64 Å². The van der Waals surface area contributed by atoms with Gasteiger partial charge in [0.05, 0.1) is 13.2 Å². The summed E-state index contributed by atoms with van der Waals surface area (Å²) >= 11 is 0. The molecule has 5 rings (SSSR count). The van der Waals surface area contributed by atoms with E-state index >= 15 is 0 Å². The first-order valence-electron chi connectivity index (χ1n) is 10.7. The lowest BCUT2D eigenvalue weighted by Crippen LogP contribution is -2.31. The average Bonchev–Trinajstić information content (AvgIpc) is 3.54. The van der Waals surface area contributed by atoms with Gasteiger partial charge in [0.2, 0.25) is 0 Å². The lowest BCUT2D eigenvalue weighted by atomic mass is 10.1. The van der Waals surface area contributed by atoms with Crippen LogP contribution in [-0.4, -0.2) is 32.2 Å². The minimum absolute atomic E-state index is 0.0426. The Labute approximate surface area is 176 Å². The maximum Gasteiger partial charge on any atom is 0.275 e. The van der Waals surface area contributed by atoms with E-state index < -0.39 is 0 Å². The van der Waals surface area contributed by atoms with Crippen molar-refractivity contribution < 1.29 is 9.53 Å². The van der Waals surface area contributed by atoms with Gasteiger partial charge in [0.15, 0.2) is 5.69 Å². The number of carbonyl (C=O) groups excluding carboxylic acids is 1. The fourth-order valence-corrected chi connectivity index (χ4v) is 4.04. The Kier molecular flexibility index (Phi) is 5.32. The van der Waals surface area contributed by atoms with Gasteiger partial charge in [0.1, 0.15) is 0 Å². The first-order chi connectivity index (χ1) is 14.8. The van der Waals surface area contributed by atoms with Gasteiger partial charge >= 0.3 is 0 Å². The van der Waals surface area contributed by atoms with E-state index in [0.29, 0.717) is 37.9 Å². The third-order valence-corrected chi connectivity index (χ3v) is 5.83. The van der Waals surface area contributed by atoms with Crippen molar-refractivity contribution in [1.29, 1.82) is 0 Å². The van der Waals surface area contributed by atoms with E-state index in [2.05, 4.69) is 9.67 Å². The van der Waals surface area contributed by atoms with Crippen LogP contribution in [0.1, 0.15) is 45.7 Å². The zero-order chi connectivity index (χ0) is 20.3. The Morgan fingerprint density at radius 1 is 1.10 bits per heavy atom. The van der Waals surface area contributed by atoms with Gasteiger partial charge in [0.25, 0.3) is 5.91 Å². The number of hydrogen-bond donors (Lipinski definition) is 0. The highest BCUT2D eigenvalue weighted by molar-refractivity contribution is 5.94. The van der Waals surface area contributed by atoms with Gasteiger partial charge in [-0.15, -0.1) is 0 Å². The quantitative estimate of drug-likeness (QED) is 0.606. The Balaban J connectivity index is 1.47. The van der Waals surface area contributed by atoms with Crippen LogP contribution < -0.4 is 0 Å². The predicted octanol–water partition coefficient (Wildman–Crippen LogP) is 3.60. The summed E-state index contributed by atoms with van der Waals surface area (Å²) in [5, 5.41) is 4.81. The lowest BCUT2D eigenvalue weighted by Gasteiger charge is -2.23. The fraction of sp³-hybridized carbons (Fsp3) is 0.375. The second-order valence-electron chi connectivity index (χ2n) is 8.21. The molecular weight excluding hydrogens is 376 g/mol. The van der Waals surface area contributed by atoms with Gasteiger partial charge in [-0.05, 0) is 36.0 Å². The van der Waals surface area contributed by atoms with Gasteiger partial charge in [-0.3, -0.25) is 14.5 Å². The van der Waals surface area contributed by atoms with Crippen LogP contribution >= 0.6 is 0 Å². The van der Waals surface area contributed by atoms with Gasteiger partial charge in [0, 0.05) is 49.7 Å². The summed E-state index contributed by atoms with van der Waals surface area (Å²) in [6, 6.07) is 14.0. The maximum absolute atomic E-state index is 13.7. The first-order valence-corrected chi connectivity index (χ1v) is 10.7. The van der Waals surface area contributed by atoms with Gasteiger partial charge in [-0.25, -0.2) is 0 Å². The standard InChI is InChI=1S/C24H26N4O2/c29-24(23-21-17-30-12-10-22(21)28(26-23)16-19-8-9-19)27(14-18-5-2-1-3-6-18)15-20-7-4-11-25-13-20/h1-7,11,13,19H,8-10,12,14-17H2. The molecule has 30 heavy (non-hydrogen) atoms. The van der Waals surface area contributed by atoms with Gasteiger partial charge in [-0.1, -0.05) is 36.4 Å². The van der Waals surface area contributed by atoms with Crippen LogP contribution in [0.2, 0.25) is 0 Å². The molecule has 1 amide bonds. The van der Waals surface area contributed by atoms with E-state index in [1.54, 1.807) is 6.20 Å². The molecule has 154 valence electrons. The van der Waals surface area contributed by atoms with Crippen molar-refractivity contribution in [2.24, 2.45) is 5.92 Å². The molecule has 2 aliphatic rings. The number of benzene rings is 1. The molecule has 1 saturated carbocycles. The van der Waals surface area contributed by atoms with Crippen LogP contribution in [-0.2, 0) is 37.4 Å². The minimum Gasteiger partial charge on any atom is -0.376 e. The molecule has 0 N–H and O–H groups in total. The third kappa shape index (κ3) is 4.14. The molecule has 1 aliphatic heterocycles. The number of carbonyl (C=O) groups is 1. The molecule has 3 heterocycles. The number of fused-ring (bicyclic) bond motifs is 1. The fourth-order valence-electron chi connectivity index (χ4n) is 4.04. The predicted molar refractivity (Wildman–Crippen MR) is 113 cm³/mol. The molecular formula is C24H26N4O2. The zero-order valence-electron chi connectivity index (χ0n) is 17.0. The van der Waals surface area contributed by atoms with E-state index in [4.69, 9.17) is 9.84 Å². The molecule has 2 aromatic heterocycles. The van der Waals surface area contributed by atoms with Crippen molar-refractivity contribution in [1.82, 2.24) is 19.7 Å². The van der Waals surface area contributed by atoms with Crippen molar-refractivity contribution >= 4 is 5.91 Å². The van der Waals surface area contributed by atoms with Crippen molar-refractivity contribution in [2.45, 2.75) is 45.5 Å². The highest BCUT2D eigenvalue weighted by Gasteiger charge is 2.31. The highest BCUT2D eigenvalue weighted by atomic mass is 16.5. The monoisotopic (exact) mass is 402 g/mol. The van der Waals surface area contributed by atoms with Crippen LogP contribution in [0, 0.1) is 5.92 Å². The van der Waals surface area contributed by atoms with Crippen molar-refractivity contribution in [2.75, 3.05) is 6.61 Å². The van der Waals surface area contributed by atoms with E-state index in [-0.39, 0.29) is 5.91 Å². The number of ether oxygens (including phenoxy) is 1. The molecule has 0 spiro atoms. The third-order valence-electron chi connectivity index (χ3n) is 5.83. The molecule has 0 atom stereocenters. The van der Waals surface area contributed by atoms with Crippen LogP contribution in [0.5, 0.6) is 0 Å². The van der Waals surface area contributed by atoms with Crippen LogP contribution in [0.4, 0.5) is 0 Å². The minimum atomic E-state index is -0.0426. The zero-order valence-corrected chi connectivity index (χ0v) is 17.0. The molecule has 0 radical (unpaired) electrons. The largest absolute Gasteiger partial charge is 0.376 e. The molecule has 0 unspecified atom stereocenters. The second-order valence-corrected chi connectivity index (χ2v) is 8.21. The molecule has 0 saturated heterocycles. The summed E-state index contributed by atoms with van der Waals surface area (Å²) in [4.78, 5) is 19.8. The Morgan fingerprint density at radius 2 is 1.90 bits per heavy atom. The Bertz CT molecular complexity index is 971. The lowest BCUT2D eigenvalue weighted by molar-refractivity contribution is 0.0710. The molecule has 1 aromatic carbocycles. The second kappa shape index (κ2) is 8.40. The number of hydrogen-bond acceptors (Lipinski definition) is 4. The normalized spacial score (nSPS) is 15.6. The van der Waals surface area contributed by atoms with Crippen LogP contribution in [0.15, 0.2) is 54.9 Å². The van der Waals surface area contributed by atoms with Gasteiger partial charge in [-0.2, -0.15) is 5.10 Å². The number of pyridine rings is 1. The summed E-state index contributed by atoms with van der Waals surface area (Å²) < 4.78 is 7.78. The molecule has 6 heteroatoms. The topological polar surface area (TPSA) is 60.3 Å². The number of amides is 1. The van der Waals surface area contributed by atoms with Crippen molar-refractivity contribution in [3.8, 4) is 0 Å². The number of rotatable bonds is 7. The summed E-state index contributed by atoms with van der Waals surface area (Å²) in [5.41, 5.74) is 4.79. The number of nitrogens with zero attached hydrogens (tertiary/aromatic N) is 4. The van der Waals surface area contributed by atoms with Crippen molar-refractivity contribution in [3.05, 3.63) is 82.9 Å². The molecule has 1 aliphatic carbocycles. The Morgan fingerprint density at radius 3 is 2.67 bits per heavy atom.